The summed E-state index contributed by atoms with van der Waals surface area (Å²) >= 11 is 0. The highest BCUT2D eigenvalue weighted by Gasteiger charge is 2.19. The van der Waals surface area contributed by atoms with Crippen LogP contribution >= 0.6 is 0 Å². The van der Waals surface area contributed by atoms with Gasteiger partial charge in [0.05, 0.1) is 38.2 Å². The molecule has 2 aromatic rings. The highest BCUT2D eigenvalue weighted by atomic mass is 16.5. The van der Waals surface area contributed by atoms with E-state index in [0.717, 1.165) is 24.3 Å². The minimum Gasteiger partial charge on any atom is -0.465 e. The second kappa shape index (κ2) is 9.34. The molecule has 1 N–H and O–H groups in total. The van der Waals surface area contributed by atoms with Gasteiger partial charge in [-0.25, -0.2) is 4.79 Å². The number of ether oxygens (including phenoxy) is 3. The predicted molar refractivity (Wildman–Crippen MR) is 106 cm³/mol. The molecule has 0 atom stereocenters. The third kappa shape index (κ3) is 4.68. The van der Waals surface area contributed by atoms with Gasteiger partial charge in [0.15, 0.2) is 0 Å². The lowest BCUT2D eigenvalue weighted by atomic mass is 10.1. The van der Waals surface area contributed by atoms with Crippen molar-refractivity contribution in [3.8, 4) is 0 Å². The van der Waals surface area contributed by atoms with Crippen molar-refractivity contribution in [1.82, 2.24) is 0 Å². The molecule has 148 valence electrons. The molecule has 0 unspecified atom stereocenters. The highest BCUT2D eigenvalue weighted by Crippen LogP contribution is 2.25. The van der Waals surface area contributed by atoms with E-state index < -0.39 is 5.97 Å². The van der Waals surface area contributed by atoms with Crippen LogP contribution in [-0.2, 0) is 20.8 Å². The molecular weight excluding hydrogens is 360 g/mol. The maximum Gasteiger partial charge on any atom is 0.340 e. The molecule has 0 saturated carbocycles. The Hall–Kier alpha value is -2.90. The quantitative estimate of drug-likeness (QED) is 0.772. The van der Waals surface area contributed by atoms with E-state index in [1.165, 1.54) is 7.11 Å². The Labute approximate surface area is 164 Å². The number of carbonyl (C=O) groups excluding carboxylic acids is 2. The molecule has 0 spiro atoms. The number of benzene rings is 2. The zero-order chi connectivity index (χ0) is 19.9. The van der Waals surface area contributed by atoms with Crippen LogP contribution in [0.3, 0.4) is 0 Å². The number of nitrogens with one attached hydrogen (secondary N) is 1. The van der Waals surface area contributed by atoms with Crippen LogP contribution in [0.1, 0.15) is 26.3 Å². The summed E-state index contributed by atoms with van der Waals surface area (Å²) in [6, 6.07) is 12.5. The van der Waals surface area contributed by atoms with Gasteiger partial charge >= 0.3 is 5.97 Å². The van der Waals surface area contributed by atoms with Crippen molar-refractivity contribution in [3.63, 3.8) is 0 Å². The van der Waals surface area contributed by atoms with Crippen molar-refractivity contribution in [2.75, 3.05) is 50.7 Å². The molecule has 28 heavy (non-hydrogen) atoms. The van der Waals surface area contributed by atoms with E-state index in [-0.39, 0.29) is 5.91 Å². The number of nitrogens with zero attached hydrogens (tertiary/aromatic N) is 1. The Bertz CT molecular complexity index is 829. The van der Waals surface area contributed by atoms with Gasteiger partial charge in [0.2, 0.25) is 0 Å². The second-order valence-corrected chi connectivity index (χ2v) is 6.40. The van der Waals surface area contributed by atoms with E-state index in [0.29, 0.717) is 36.6 Å². The van der Waals surface area contributed by atoms with Crippen LogP contribution in [0, 0.1) is 0 Å². The van der Waals surface area contributed by atoms with Crippen LogP contribution < -0.4 is 10.2 Å². The minimum absolute atomic E-state index is 0.298. The maximum absolute atomic E-state index is 12.6. The molecule has 1 amide bonds. The molecule has 1 saturated heterocycles. The van der Waals surface area contributed by atoms with Gasteiger partial charge in [0.1, 0.15) is 0 Å². The summed E-state index contributed by atoms with van der Waals surface area (Å²) in [5.41, 5.74) is 3.09. The lowest BCUT2D eigenvalue weighted by molar-refractivity contribution is 0.0602. The number of carbonyl (C=O) groups is 2. The number of amides is 1. The molecule has 0 aliphatic carbocycles. The summed E-state index contributed by atoms with van der Waals surface area (Å²) in [7, 11) is 2.94. The molecule has 1 fully saturated rings. The van der Waals surface area contributed by atoms with Crippen LogP contribution in [-0.4, -0.2) is 52.4 Å². The molecule has 3 rings (SSSR count). The number of rotatable bonds is 6. The number of anilines is 2. The molecule has 7 heteroatoms. The second-order valence-electron chi connectivity index (χ2n) is 6.40. The Morgan fingerprint density at radius 1 is 1.07 bits per heavy atom. The van der Waals surface area contributed by atoms with Crippen molar-refractivity contribution >= 4 is 23.3 Å². The molecule has 0 aromatic heterocycles. The fourth-order valence-corrected chi connectivity index (χ4v) is 3.05. The van der Waals surface area contributed by atoms with Gasteiger partial charge in [-0.05, 0) is 35.9 Å². The van der Waals surface area contributed by atoms with Crippen molar-refractivity contribution in [1.29, 1.82) is 0 Å². The Balaban J connectivity index is 1.81. The summed E-state index contributed by atoms with van der Waals surface area (Å²) in [4.78, 5) is 27.0. The fraction of sp³-hybridized carbons (Fsp3) is 0.333. The topological polar surface area (TPSA) is 77.1 Å². The minimum atomic E-state index is -0.499. The Morgan fingerprint density at radius 3 is 2.43 bits per heavy atom. The first-order valence-corrected chi connectivity index (χ1v) is 9.06. The SMILES string of the molecule is COCc1ccc(C(=O)Nc2ccc(N3CCOCC3)cc2C(=O)OC)cc1. The average molecular weight is 384 g/mol. The third-order valence-electron chi connectivity index (χ3n) is 4.56. The first-order valence-electron chi connectivity index (χ1n) is 9.06. The zero-order valence-corrected chi connectivity index (χ0v) is 16.1. The molecule has 2 aromatic carbocycles. The fourth-order valence-electron chi connectivity index (χ4n) is 3.05. The van der Waals surface area contributed by atoms with Crippen molar-refractivity contribution in [2.24, 2.45) is 0 Å². The average Bonchev–Trinajstić information content (AvgIpc) is 2.75. The van der Waals surface area contributed by atoms with Gasteiger partial charge in [-0.3, -0.25) is 4.79 Å². The monoisotopic (exact) mass is 384 g/mol. The molecule has 1 aliphatic rings. The molecule has 1 heterocycles. The largest absolute Gasteiger partial charge is 0.465 e. The predicted octanol–water partition coefficient (Wildman–Crippen LogP) is 2.71. The van der Waals surface area contributed by atoms with Gasteiger partial charge in [-0.1, -0.05) is 12.1 Å². The molecule has 7 nitrogen and oxygen atoms in total. The molecular formula is C21H24N2O5. The van der Waals surface area contributed by atoms with Gasteiger partial charge < -0.3 is 24.4 Å². The summed E-state index contributed by atoms with van der Waals surface area (Å²) in [6.07, 6.45) is 0. The molecule has 0 radical (unpaired) electrons. The van der Waals surface area contributed by atoms with Gasteiger partial charge in [0, 0.05) is 31.5 Å². The summed E-state index contributed by atoms with van der Waals surface area (Å²) in [6.45, 7) is 3.27. The first-order chi connectivity index (χ1) is 13.6. The maximum atomic E-state index is 12.6. The number of morpholine rings is 1. The normalized spacial score (nSPS) is 13.9. The van der Waals surface area contributed by atoms with Gasteiger partial charge in [0.25, 0.3) is 5.91 Å². The lowest BCUT2D eigenvalue weighted by Crippen LogP contribution is -2.36. The van der Waals surface area contributed by atoms with E-state index in [1.807, 2.05) is 18.2 Å². The van der Waals surface area contributed by atoms with Crippen molar-refractivity contribution < 1.29 is 23.8 Å². The first kappa shape index (κ1) is 19.9. The van der Waals surface area contributed by atoms with E-state index in [2.05, 4.69) is 10.2 Å². The summed E-state index contributed by atoms with van der Waals surface area (Å²) in [5.74, 6) is -0.797. The highest BCUT2D eigenvalue weighted by molar-refractivity contribution is 6.08. The number of hydrogen-bond acceptors (Lipinski definition) is 6. The van der Waals surface area contributed by atoms with Crippen LogP contribution in [0.15, 0.2) is 42.5 Å². The van der Waals surface area contributed by atoms with E-state index in [4.69, 9.17) is 14.2 Å². The number of hydrogen-bond donors (Lipinski definition) is 1. The van der Waals surface area contributed by atoms with E-state index in [1.54, 1.807) is 31.4 Å². The van der Waals surface area contributed by atoms with Gasteiger partial charge in [-0.2, -0.15) is 0 Å². The van der Waals surface area contributed by atoms with Crippen LogP contribution in [0.25, 0.3) is 0 Å². The smallest absolute Gasteiger partial charge is 0.340 e. The number of esters is 1. The van der Waals surface area contributed by atoms with Crippen molar-refractivity contribution in [2.45, 2.75) is 6.61 Å². The molecule has 0 bridgehead atoms. The van der Waals surface area contributed by atoms with Crippen molar-refractivity contribution in [3.05, 3.63) is 59.2 Å². The van der Waals surface area contributed by atoms with Crippen LogP contribution in [0.4, 0.5) is 11.4 Å². The standard InChI is InChI=1S/C21H24N2O5/c1-26-14-15-3-5-16(6-4-15)20(24)22-19-8-7-17(13-18(19)21(25)27-2)23-9-11-28-12-10-23/h3-8,13H,9-12,14H2,1-2H3,(H,22,24). The van der Waals surface area contributed by atoms with Gasteiger partial charge in [-0.15, -0.1) is 0 Å². The summed E-state index contributed by atoms with van der Waals surface area (Å²) in [5, 5.41) is 2.81. The molecule has 1 aliphatic heterocycles. The van der Waals surface area contributed by atoms with Crippen LogP contribution in [0.5, 0.6) is 0 Å². The lowest BCUT2D eigenvalue weighted by Gasteiger charge is -2.29. The van der Waals surface area contributed by atoms with Crippen LogP contribution in [0.2, 0.25) is 0 Å². The third-order valence-corrected chi connectivity index (χ3v) is 4.56. The van der Waals surface area contributed by atoms with E-state index >= 15 is 0 Å². The van der Waals surface area contributed by atoms with E-state index in [9.17, 15) is 9.59 Å². The zero-order valence-electron chi connectivity index (χ0n) is 16.1. The Morgan fingerprint density at radius 2 is 1.79 bits per heavy atom. The Kier molecular flexibility index (Phi) is 6.62. The number of methoxy groups -OCH3 is 2. The summed E-state index contributed by atoms with van der Waals surface area (Å²) < 4.78 is 15.3.